The summed E-state index contributed by atoms with van der Waals surface area (Å²) >= 11 is 0. The van der Waals surface area contributed by atoms with Gasteiger partial charge in [0.15, 0.2) is 0 Å². The van der Waals surface area contributed by atoms with E-state index in [2.05, 4.69) is 16.6 Å². The maximum absolute atomic E-state index is 12.4. The van der Waals surface area contributed by atoms with Crippen molar-refractivity contribution in [3.8, 4) is 0 Å². The Morgan fingerprint density at radius 2 is 2.24 bits per heavy atom. The fourth-order valence-corrected chi connectivity index (χ4v) is 3.94. The summed E-state index contributed by atoms with van der Waals surface area (Å²) in [5, 5.41) is 0. The van der Waals surface area contributed by atoms with Crippen molar-refractivity contribution in [2.24, 2.45) is 5.92 Å². The van der Waals surface area contributed by atoms with Gasteiger partial charge < -0.3 is 4.90 Å². The maximum Gasteiger partial charge on any atom is 0.279 e. The van der Waals surface area contributed by atoms with Gasteiger partial charge in [0, 0.05) is 45.5 Å². The minimum Gasteiger partial charge on any atom is -0.362 e. The lowest BCUT2D eigenvalue weighted by Crippen LogP contribution is -2.45. The number of nitrogens with one attached hydrogen (secondary N) is 1. The van der Waals surface area contributed by atoms with Crippen molar-refractivity contribution in [2.75, 3.05) is 32.1 Å². The average molecular weight is 312 g/mol. The topological polar surface area (TPSA) is 65.5 Å². The first kappa shape index (κ1) is 16.2. The number of hydrogen-bond donors (Lipinski definition) is 1. The van der Waals surface area contributed by atoms with Crippen LogP contribution in [-0.2, 0) is 16.8 Å². The third kappa shape index (κ3) is 4.15. The molecule has 1 fully saturated rings. The Morgan fingerprint density at radius 1 is 1.48 bits per heavy atom. The van der Waals surface area contributed by atoms with Gasteiger partial charge in [0.05, 0.1) is 0 Å². The Hall–Kier alpha value is -1.18. The van der Waals surface area contributed by atoms with Crippen LogP contribution >= 0.6 is 0 Å². The summed E-state index contributed by atoms with van der Waals surface area (Å²) in [5.41, 5.74) is 0.871. The predicted molar refractivity (Wildman–Crippen MR) is 84.3 cm³/mol. The van der Waals surface area contributed by atoms with Gasteiger partial charge in [0.25, 0.3) is 10.2 Å². The number of anilines is 1. The summed E-state index contributed by atoms with van der Waals surface area (Å²) in [6, 6.07) is 3.71. The van der Waals surface area contributed by atoms with Crippen molar-refractivity contribution in [1.82, 2.24) is 14.0 Å². The highest BCUT2D eigenvalue weighted by Gasteiger charge is 2.26. The molecule has 1 aromatic rings. The summed E-state index contributed by atoms with van der Waals surface area (Å²) in [6.45, 7) is 3.55. The summed E-state index contributed by atoms with van der Waals surface area (Å²) in [6.07, 6.45) is 3.73. The van der Waals surface area contributed by atoms with Crippen LogP contribution in [0.4, 0.5) is 5.82 Å². The van der Waals surface area contributed by atoms with E-state index in [9.17, 15) is 8.42 Å². The molecule has 21 heavy (non-hydrogen) atoms. The van der Waals surface area contributed by atoms with E-state index in [1.165, 1.54) is 0 Å². The van der Waals surface area contributed by atoms with E-state index < -0.39 is 10.2 Å². The molecule has 0 spiro atoms. The van der Waals surface area contributed by atoms with E-state index >= 15 is 0 Å². The highest BCUT2D eigenvalue weighted by atomic mass is 32.2. The van der Waals surface area contributed by atoms with Gasteiger partial charge in [-0.1, -0.05) is 13.0 Å². The molecule has 0 unspecified atom stereocenters. The summed E-state index contributed by atoms with van der Waals surface area (Å²) < 4.78 is 29.0. The highest BCUT2D eigenvalue weighted by molar-refractivity contribution is 7.87. The summed E-state index contributed by atoms with van der Waals surface area (Å²) in [7, 11) is 0.371. The quantitative estimate of drug-likeness (QED) is 0.887. The van der Waals surface area contributed by atoms with Crippen LogP contribution in [0.3, 0.4) is 0 Å². The van der Waals surface area contributed by atoms with Gasteiger partial charge in [-0.2, -0.15) is 17.4 Å². The van der Waals surface area contributed by atoms with E-state index in [0.29, 0.717) is 19.0 Å². The number of piperidine rings is 1. The van der Waals surface area contributed by atoms with Crippen molar-refractivity contribution in [1.29, 1.82) is 0 Å². The van der Waals surface area contributed by atoms with Crippen LogP contribution < -0.4 is 9.62 Å². The number of rotatable bonds is 5. The molecule has 0 radical (unpaired) electrons. The van der Waals surface area contributed by atoms with Gasteiger partial charge in [0.2, 0.25) is 0 Å². The van der Waals surface area contributed by atoms with Gasteiger partial charge in [-0.3, -0.25) is 0 Å². The van der Waals surface area contributed by atoms with Crippen LogP contribution in [0.25, 0.3) is 0 Å². The van der Waals surface area contributed by atoms with Crippen LogP contribution in [0.1, 0.15) is 25.3 Å². The van der Waals surface area contributed by atoms with Crippen LogP contribution in [0, 0.1) is 5.92 Å². The molecule has 118 valence electrons. The molecule has 0 amide bonds. The lowest BCUT2D eigenvalue weighted by Gasteiger charge is -2.30. The molecule has 0 saturated carbocycles. The Morgan fingerprint density at radius 3 is 2.90 bits per heavy atom. The SMILES string of the molecule is C[C@@H]1CCCN(S(=O)(=O)NCc2cccnc2N(C)C)C1. The number of hydrogen-bond acceptors (Lipinski definition) is 4. The minimum absolute atomic E-state index is 0.258. The van der Waals surface area contributed by atoms with Gasteiger partial charge in [-0.05, 0) is 24.8 Å². The van der Waals surface area contributed by atoms with Gasteiger partial charge in [0.1, 0.15) is 5.82 Å². The second kappa shape index (κ2) is 6.72. The van der Waals surface area contributed by atoms with E-state index in [-0.39, 0.29) is 6.54 Å². The molecule has 2 heterocycles. The maximum atomic E-state index is 12.4. The number of nitrogens with zero attached hydrogens (tertiary/aromatic N) is 3. The standard InChI is InChI=1S/C14H24N4O2S/c1-12-6-5-9-18(11-12)21(19,20)16-10-13-7-4-8-15-14(13)17(2)3/h4,7-8,12,16H,5-6,9-11H2,1-3H3/t12-/m1/s1. The summed E-state index contributed by atoms with van der Waals surface area (Å²) in [4.78, 5) is 6.16. The zero-order chi connectivity index (χ0) is 15.5. The molecule has 7 heteroatoms. The van der Waals surface area contributed by atoms with Crippen molar-refractivity contribution in [2.45, 2.75) is 26.3 Å². The Balaban J connectivity index is 2.05. The van der Waals surface area contributed by atoms with E-state index in [1.54, 1.807) is 10.5 Å². The van der Waals surface area contributed by atoms with Crippen LogP contribution in [-0.4, -0.2) is 44.9 Å². The fraction of sp³-hybridized carbons (Fsp3) is 0.643. The third-order valence-corrected chi connectivity index (χ3v) is 5.22. The third-order valence-electron chi connectivity index (χ3n) is 3.70. The zero-order valence-electron chi connectivity index (χ0n) is 12.9. The molecule has 0 aliphatic carbocycles. The highest BCUT2D eigenvalue weighted by Crippen LogP contribution is 2.19. The van der Waals surface area contributed by atoms with Gasteiger partial charge in [-0.25, -0.2) is 4.98 Å². The first-order chi connectivity index (χ1) is 9.90. The molecule has 1 aliphatic rings. The Bertz CT molecular complexity index is 574. The van der Waals surface area contributed by atoms with Crippen molar-refractivity contribution < 1.29 is 8.42 Å². The van der Waals surface area contributed by atoms with E-state index in [0.717, 1.165) is 24.2 Å². The minimum atomic E-state index is -3.42. The average Bonchev–Trinajstić information content (AvgIpc) is 2.45. The molecule has 0 aromatic carbocycles. The number of aromatic nitrogens is 1. The van der Waals surface area contributed by atoms with Crippen molar-refractivity contribution in [3.05, 3.63) is 23.9 Å². The second-order valence-corrected chi connectivity index (χ2v) is 7.57. The Kier molecular flexibility index (Phi) is 5.18. The molecule has 1 atom stereocenters. The van der Waals surface area contributed by atoms with Crippen molar-refractivity contribution >= 4 is 16.0 Å². The van der Waals surface area contributed by atoms with Crippen LogP contribution in [0.15, 0.2) is 18.3 Å². The first-order valence-corrected chi connectivity index (χ1v) is 8.70. The summed E-state index contributed by atoms with van der Waals surface area (Å²) in [5.74, 6) is 1.21. The Labute approximate surface area is 127 Å². The molecule has 1 aromatic heterocycles. The number of pyridine rings is 1. The monoisotopic (exact) mass is 312 g/mol. The van der Waals surface area contributed by atoms with Gasteiger partial charge in [-0.15, -0.1) is 0 Å². The van der Waals surface area contributed by atoms with Gasteiger partial charge >= 0.3 is 0 Å². The second-order valence-electron chi connectivity index (χ2n) is 5.81. The van der Waals surface area contributed by atoms with Crippen molar-refractivity contribution in [3.63, 3.8) is 0 Å². The van der Waals surface area contributed by atoms with E-state index in [4.69, 9.17) is 0 Å². The largest absolute Gasteiger partial charge is 0.362 e. The fourth-order valence-electron chi connectivity index (χ4n) is 2.60. The van der Waals surface area contributed by atoms with Crippen LogP contribution in [0.2, 0.25) is 0 Å². The molecule has 1 aliphatic heterocycles. The molecule has 0 bridgehead atoms. The van der Waals surface area contributed by atoms with E-state index in [1.807, 2.05) is 31.1 Å². The molecule has 1 saturated heterocycles. The molecule has 2 rings (SSSR count). The molecular formula is C14H24N4O2S. The normalized spacial score (nSPS) is 20.4. The first-order valence-electron chi connectivity index (χ1n) is 7.26. The molecular weight excluding hydrogens is 288 g/mol. The smallest absolute Gasteiger partial charge is 0.279 e. The van der Waals surface area contributed by atoms with Crippen LogP contribution in [0.5, 0.6) is 0 Å². The predicted octanol–water partition coefficient (Wildman–Crippen LogP) is 1.21. The molecule has 6 nitrogen and oxygen atoms in total. The lowest BCUT2D eigenvalue weighted by atomic mass is 10.0. The lowest BCUT2D eigenvalue weighted by molar-refractivity contribution is 0.278. The zero-order valence-corrected chi connectivity index (χ0v) is 13.7. The molecule has 1 N–H and O–H groups in total.